The minimum atomic E-state index is -1.39. The van der Waals surface area contributed by atoms with Crippen molar-refractivity contribution in [3.05, 3.63) is 82.4 Å². The second-order valence-electron chi connectivity index (χ2n) is 10.1. The second kappa shape index (κ2) is 12.8. The predicted molar refractivity (Wildman–Crippen MR) is 139 cm³/mol. The molecule has 0 bridgehead atoms. The number of aliphatic hydroxyl groups is 2. The highest BCUT2D eigenvalue weighted by Crippen LogP contribution is 2.29. The standard InChI is InChI=1S/C29H36FN3O5/c1-18(2)27-25(14-13-23(34)15-24(35)16-26(36)37)33(22-11-9-21(30)10-12-22)31-28(27)29(38)32(4)17-20-7-5-19(3)6-8-20/h5-12,18,23-24,34-35H,13-17H2,1-4H3,(H,36,37)/p-1/t23-,24-/m1/s1. The summed E-state index contributed by atoms with van der Waals surface area (Å²) in [5.74, 6) is -2.15. The van der Waals surface area contributed by atoms with E-state index in [-0.39, 0.29) is 30.4 Å². The highest BCUT2D eigenvalue weighted by Gasteiger charge is 2.28. The Kier molecular flexibility index (Phi) is 9.77. The Morgan fingerprint density at radius 2 is 1.68 bits per heavy atom. The van der Waals surface area contributed by atoms with Crippen LogP contribution in [0, 0.1) is 12.7 Å². The molecule has 3 rings (SSSR count). The molecule has 1 heterocycles. The van der Waals surface area contributed by atoms with Crippen LogP contribution in [0.5, 0.6) is 0 Å². The summed E-state index contributed by atoms with van der Waals surface area (Å²) >= 11 is 0. The highest BCUT2D eigenvalue weighted by atomic mass is 19.1. The van der Waals surface area contributed by atoms with Gasteiger partial charge in [-0.1, -0.05) is 43.7 Å². The van der Waals surface area contributed by atoms with E-state index in [4.69, 9.17) is 0 Å². The van der Waals surface area contributed by atoms with E-state index in [1.165, 1.54) is 12.1 Å². The number of hydrogen-bond acceptors (Lipinski definition) is 6. The number of halogens is 1. The maximum atomic E-state index is 13.7. The molecule has 0 radical (unpaired) electrons. The summed E-state index contributed by atoms with van der Waals surface area (Å²) < 4.78 is 15.3. The Hall–Kier alpha value is -3.56. The number of rotatable bonds is 12. The molecule has 0 aliphatic rings. The molecule has 2 atom stereocenters. The van der Waals surface area contributed by atoms with Crippen LogP contribution in [-0.4, -0.2) is 56.0 Å². The van der Waals surface area contributed by atoms with Crippen molar-refractivity contribution < 1.29 is 29.3 Å². The molecule has 2 aromatic carbocycles. The van der Waals surface area contributed by atoms with E-state index >= 15 is 0 Å². The number of aliphatic carboxylic acids is 1. The SMILES string of the molecule is Cc1ccc(CN(C)C(=O)c2nn(-c3ccc(F)cc3)c(CC[C@@H](O)C[C@@H](O)CC(=O)[O-])c2C(C)C)cc1. The molecule has 0 unspecified atom stereocenters. The largest absolute Gasteiger partial charge is 0.550 e. The summed E-state index contributed by atoms with van der Waals surface area (Å²) in [4.78, 5) is 26.0. The second-order valence-corrected chi connectivity index (χ2v) is 10.1. The fourth-order valence-corrected chi connectivity index (χ4v) is 4.50. The molecule has 0 spiro atoms. The predicted octanol–water partition coefficient (Wildman–Crippen LogP) is 2.90. The average molecular weight is 525 g/mol. The lowest BCUT2D eigenvalue weighted by Crippen LogP contribution is -2.29. The van der Waals surface area contributed by atoms with E-state index in [0.29, 0.717) is 24.3 Å². The molecule has 1 amide bonds. The lowest BCUT2D eigenvalue weighted by Gasteiger charge is -2.19. The quantitative estimate of drug-likeness (QED) is 0.376. The van der Waals surface area contributed by atoms with Gasteiger partial charge in [0.1, 0.15) is 5.82 Å². The molecule has 0 fully saturated rings. The smallest absolute Gasteiger partial charge is 0.274 e. The van der Waals surface area contributed by atoms with Gasteiger partial charge in [0.25, 0.3) is 5.91 Å². The Balaban J connectivity index is 1.95. The summed E-state index contributed by atoms with van der Waals surface area (Å²) in [5, 5.41) is 35.8. The molecule has 1 aromatic heterocycles. The number of carboxylic acid groups (broad SMARTS) is 1. The van der Waals surface area contributed by atoms with Crippen molar-refractivity contribution in [2.24, 2.45) is 0 Å². The molecule has 9 heteroatoms. The van der Waals surface area contributed by atoms with Gasteiger partial charge in [-0.2, -0.15) is 5.10 Å². The van der Waals surface area contributed by atoms with E-state index in [1.54, 1.807) is 28.8 Å². The molecular formula is C29H35FN3O5-. The number of aryl methyl sites for hydroxylation is 1. The van der Waals surface area contributed by atoms with Gasteiger partial charge in [-0.3, -0.25) is 4.79 Å². The number of hydrogen-bond donors (Lipinski definition) is 2. The monoisotopic (exact) mass is 524 g/mol. The van der Waals surface area contributed by atoms with Crippen LogP contribution in [-0.2, 0) is 17.8 Å². The van der Waals surface area contributed by atoms with Crippen molar-refractivity contribution in [2.45, 2.75) is 71.1 Å². The van der Waals surface area contributed by atoms with E-state index in [1.807, 2.05) is 45.0 Å². The van der Waals surface area contributed by atoms with Gasteiger partial charge in [0.2, 0.25) is 0 Å². The molecule has 204 valence electrons. The minimum absolute atomic E-state index is 0.0910. The Morgan fingerprint density at radius 3 is 2.26 bits per heavy atom. The van der Waals surface area contributed by atoms with Gasteiger partial charge in [0.05, 0.1) is 17.9 Å². The third-order valence-electron chi connectivity index (χ3n) is 6.42. The lowest BCUT2D eigenvalue weighted by atomic mass is 9.95. The van der Waals surface area contributed by atoms with Crippen LogP contribution in [0.25, 0.3) is 5.69 Å². The average Bonchev–Trinajstić information content (AvgIpc) is 3.23. The van der Waals surface area contributed by atoms with Crippen LogP contribution in [0.15, 0.2) is 48.5 Å². The summed E-state index contributed by atoms with van der Waals surface area (Å²) in [7, 11) is 1.71. The normalized spacial score (nSPS) is 12.9. The summed E-state index contributed by atoms with van der Waals surface area (Å²) in [5.41, 5.74) is 4.36. The van der Waals surface area contributed by atoms with E-state index < -0.39 is 30.4 Å². The van der Waals surface area contributed by atoms with Crippen LogP contribution in [0.3, 0.4) is 0 Å². The van der Waals surface area contributed by atoms with Crippen LogP contribution in [0.2, 0.25) is 0 Å². The van der Waals surface area contributed by atoms with Crippen molar-refractivity contribution in [3.63, 3.8) is 0 Å². The third kappa shape index (κ3) is 7.49. The van der Waals surface area contributed by atoms with Crippen molar-refractivity contribution in [1.29, 1.82) is 0 Å². The van der Waals surface area contributed by atoms with Gasteiger partial charge in [0.15, 0.2) is 5.69 Å². The number of aliphatic hydroxyl groups excluding tert-OH is 2. The molecule has 0 saturated heterocycles. The number of benzene rings is 2. The number of nitrogens with zero attached hydrogens (tertiary/aromatic N) is 3. The fourth-order valence-electron chi connectivity index (χ4n) is 4.50. The molecule has 0 aliphatic heterocycles. The summed E-state index contributed by atoms with van der Waals surface area (Å²) in [6.45, 7) is 6.29. The van der Waals surface area contributed by atoms with Crippen LogP contribution in [0.4, 0.5) is 4.39 Å². The van der Waals surface area contributed by atoms with Crippen LogP contribution < -0.4 is 5.11 Å². The number of carbonyl (C=O) groups excluding carboxylic acids is 2. The Morgan fingerprint density at radius 1 is 1.05 bits per heavy atom. The Bertz CT molecular complexity index is 1240. The molecular weight excluding hydrogens is 489 g/mol. The maximum absolute atomic E-state index is 13.7. The van der Waals surface area contributed by atoms with E-state index in [9.17, 15) is 29.3 Å². The number of carbonyl (C=O) groups is 2. The van der Waals surface area contributed by atoms with E-state index in [0.717, 1.165) is 16.7 Å². The zero-order chi connectivity index (χ0) is 28.0. The van der Waals surface area contributed by atoms with Crippen LogP contribution in [0.1, 0.15) is 71.9 Å². The van der Waals surface area contributed by atoms with Crippen molar-refractivity contribution in [2.75, 3.05) is 7.05 Å². The zero-order valence-corrected chi connectivity index (χ0v) is 22.2. The molecule has 2 N–H and O–H groups in total. The van der Waals surface area contributed by atoms with Crippen molar-refractivity contribution >= 4 is 11.9 Å². The number of aromatic nitrogens is 2. The topological polar surface area (TPSA) is 119 Å². The summed E-state index contributed by atoms with van der Waals surface area (Å²) in [6.07, 6.45) is -2.40. The van der Waals surface area contributed by atoms with Gasteiger partial charge < -0.3 is 25.0 Å². The highest BCUT2D eigenvalue weighted by molar-refractivity contribution is 5.94. The van der Waals surface area contributed by atoms with Crippen LogP contribution >= 0.6 is 0 Å². The van der Waals surface area contributed by atoms with Gasteiger partial charge in [0, 0.05) is 37.2 Å². The minimum Gasteiger partial charge on any atom is -0.550 e. The zero-order valence-electron chi connectivity index (χ0n) is 22.2. The lowest BCUT2D eigenvalue weighted by molar-refractivity contribution is -0.307. The van der Waals surface area contributed by atoms with Gasteiger partial charge in [-0.05, 0) is 61.9 Å². The van der Waals surface area contributed by atoms with Gasteiger partial charge in [-0.25, -0.2) is 9.07 Å². The molecule has 3 aromatic rings. The maximum Gasteiger partial charge on any atom is 0.274 e. The molecule has 0 aliphatic carbocycles. The third-order valence-corrected chi connectivity index (χ3v) is 6.42. The Labute approximate surface area is 222 Å². The van der Waals surface area contributed by atoms with E-state index in [2.05, 4.69) is 5.10 Å². The fraction of sp³-hybridized carbons (Fsp3) is 0.414. The van der Waals surface area contributed by atoms with Crippen molar-refractivity contribution in [3.8, 4) is 5.69 Å². The number of amides is 1. The number of carboxylic acids is 1. The summed E-state index contributed by atoms with van der Waals surface area (Å²) in [6, 6.07) is 13.7. The first-order chi connectivity index (χ1) is 18.0. The molecule has 8 nitrogen and oxygen atoms in total. The van der Waals surface area contributed by atoms with Gasteiger partial charge in [-0.15, -0.1) is 0 Å². The van der Waals surface area contributed by atoms with Gasteiger partial charge >= 0.3 is 0 Å². The van der Waals surface area contributed by atoms with Crippen molar-refractivity contribution in [1.82, 2.24) is 14.7 Å². The first-order valence-electron chi connectivity index (χ1n) is 12.7. The molecule has 0 saturated carbocycles. The molecule has 38 heavy (non-hydrogen) atoms. The first kappa shape index (κ1) is 29.0. The first-order valence-corrected chi connectivity index (χ1v) is 12.7.